The third kappa shape index (κ3) is 10.4. The van der Waals surface area contributed by atoms with Crippen molar-refractivity contribution in [3.63, 3.8) is 0 Å². The molecule has 0 aliphatic carbocycles. The standard InChI is InChI=1S/C33H34ClF3N4O7/c34-32-38-31(41(43)44)19-40(32)18-15-26(42)22-47-27-7-3-25(4-8-27)39-16-13-24(14-17-39)21-46-29-11-9-28(10-12-29)45-20-23-1-5-30(6-2-23)48-33(35,36)37/h1-12,19,24,26,42H,13-18,20-22H2/t26-/m1/s1. The smallest absolute Gasteiger partial charge is 0.493 e. The van der Waals surface area contributed by atoms with Crippen LogP contribution < -0.4 is 23.8 Å². The highest BCUT2D eigenvalue weighted by Gasteiger charge is 2.31. The summed E-state index contributed by atoms with van der Waals surface area (Å²) in [5.74, 6) is 1.77. The van der Waals surface area contributed by atoms with Crippen molar-refractivity contribution < 1.29 is 42.1 Å². The number of hydrogen-bond acceptors (Lipinski definition) is 9. The maximum atomic E-state index is 12.3. The molecule has 48 heavy (non-hydrogen) atoms. The topological polar surface area (TPSA) is 121 Å². The molecule has 3 aromatic carbocycles. The van der Waals surface area contributed by atoms with Gasteiger partial charge < -0.3 is 39.1 Å². The van der Waals surface area contributed by atoms with Crippen molar-refractivity contribution in [2.45, 2.75) is 44.9 Å². The second kappa shape index (κ2) is 15.9. The molecule has 1 aliphatic rings. The summed E-state index contributed by atoms with van der Waals surface area (Å²) in [4.78, 5) is 16.2. The van der Waals surface area contributed by atoms with Gasteiger partial charge >= 0.3 is 17.5 Å². The molecule has 4 aromatic rings. The van der Waals surface area contributed by atoms with Gasteiger partial charge in [0.05, 0.1) is 12.7 Å². The van der Waals surface area contributed by atoms with E-state index in [1.54, 1.807) is 12.1 Å². The van der Waals surface area contributed by atoms with E-state index in [9.17, 15) is 28.4 Å². The lowest BCUT2D eigenvalue weighted by molar-refractivity contribution is -0.389. The third-order valence-corrected chi connectivity index (χ3v) is 8.04. The number of aromatic nitrogens is 2. The summed E-state index contributed by atoms with van der Waals surface area (Å²) < 4.78 is 59.7. The van der Waals surface area contributed by atoms with Gasteiger partial charge in [0.1, 0.15) is 42.4 Å². The number of nitrogens with zero attached hydrogens (tertiary/aromatic N) is 4. The Morgan fingerprint density at radius 2 is 1.50 bits per heavy atom. The third-order valence-electron chi connectivity index (χ3n) is 7.74. The number of imidazole rings is 1. The summed E-state index contributed by atoms with van der Waals surface area (Å²) in [5.41, 5.74) is 1.79. The Labute approximate surface area is 279 Å². The Morgan fingerprint density at radius 1 is 0.917 bits per heavy atom. The summed E-state index contributed by atoms with van der Waals surface area (Å²) in [6.07, 6.45) is -2.04. The molecule has 11 nitrogen and oxygen atoms in total. The SMILES string of the molecule is O=[N+]([O-])c1cn(CC[C@@H](O)COc2ccc(N3CCC(COc4ccc(OCc5ccc(OC(F)(F)F)cc5)cc4)CC3)cc2)c(Cl)n1. The van der Waals surface area contributed by atoms with Gasteiger partial charge in [0, 0.05) is 25.3 Å². The number of benzene rings is 3. The molecule has 5 rings (SSSR count). The minimum Gasteiger partial charge on any atom is -0.493 e. The lowest BCUT2D eigenvalue weighted by Crippen LogP contribution is -2.35. The second-order valence-corrected chi connectivity index (χ2v) is 11.6. The monoisotopic (exact) mass is 690 g/mol. The Balaban J connectivity index is 0.973. The van der Waals surface area contributed by atoms with Crippen LogP contribution >= 0.6 is 11.6 Å². The molecule has 1 N–H and O–H groups in total. The molecule has 15 heteroatoms. The zero-order valence-electron chi connectivity index (χ0n) is 25.7. The van der Waals surface area contributed by atoms with E-state index < -0.39 is 17.4 Å². The first-order valence-corrected chi connectivity index (χ1v) is 15.6. The molecule has 0 spiro atoms. The van der Waals surface area contributed by atoms with Crippen LogP contribution in [0.3, 0.4) is 0 Å². The van der Waals surface area contributed by atoms with E-state index in [1.165, 1.54) is 35.0 Å². The maximum absolute atomic E-state index is 12.3. The molecular formula is C33H34ClF3N4O7. The van der Waals surface area contributed by atoms with Gasteiger partial charge in [-0.15, -0.1) is 13.2 Å². The number of ether oxygens (including phenoxy) is 4. The Morgan fingerprint density at radius 3 is 2.10 bits per heavy atom. The van der Waals surface area contributed by atoms with Crippen LogP contribution in [0.5, 0.6) is 23.0 Å². The number of halogens is 4. The van der Waals surface area contributed by atoms with E-state index in [2.05, 4.69) is 14.6 Å². The summed E-state index contributed by atoms with van der Waals surface area (Å²) in [7, 11) is 0. The number of anilines is 1. The fourth-order valence-corrected chi connectivity index (χ4v) is 5.32. The molecule has 1 aliphatic heterocycles. The average molecular weight is 691 g/mol. The zero-order chi connectivity index (χ0) is 34.1. The van der Waals surface area contributed by atoms with Crippen molar-refractivity contribution in [2.75, 3.05) is 31.2 Å². The lowest BCUT2D eigenvalue weighted by Gasteiger charge is -2.33. The Bertz CT molecular complexity index is 1610. The van der Waals surface area contributed by atoms with Crippen molar-refractivity contribution >= 4 is 23.1 Å². The van der Waals surface area contributed by atoms with E-state index in [-0.39, 0.29) is 43.0 Å². The van der Waals surface area contributed by atoms with Crippen LogP contribution in [0.15, 0.2) is 79.0 Å². The van der Waals surface area contributed by atoms with Gasteiger partial charge in [0.25, 0.3) is 0 Å². The van der Waals surface area contributed by atoms with Crippen LogP contribution in [0.25, 0.3) is 0 Å². The predicted molar refractivity (Wildman–Crippen MR) is 171 cm³/mol. The van der Waals surface area contributed by atoms with Crippen molar-refractivity contribution in [2.24, 2.45) is 5.92 Å². The van der Waals surface area contributed by atoms with Gasteiger partial charge in [-0.2, -0.15) is 0 Å². The molecule has 1 saturated heterocycles. The van der Waals surface area contributed by atoms with Crippen molar-refractivity contribution in [1.29, 1.82) is 0 Å². The summed E-state index contributed by atoms with van der Waals surface area (Å²) in [6.45, 7) is 2.90. The summed E-state index contributed by atoms with van der Waals surface area (Å²) in [6, 6.07) is 20.5. The Hall–Kier alpha value is -4.69. The van der Waals surface area contributed by atoms with Crippen LogP contribution in [-0.2, 0) is 13.2 Å². The number of nitro groups is 1. The molecule has 1 atom stereocenters. The van der Waals surface area contributed by atoms with E-state index in [1.807, 2.05) is 36.4 Å². The average Bonchev–Trinajstić information content (AvgIpc) is 3.46. The van der Waals surface area contributed by atoms with Crippen LogP contribution in [0, 0.1) is 16.0 Å². The molecule has 0 saturated carbocycles. The lowest BCUT2D eigenvalue weighted by atomic mass is 9.97. The molecule has 1 aromatic heterocycles. The molecule has 256 valence electrons. The largest absolute Gasteiger partial charge is 0.573 e. The van der Waals surface area contributed by atoms with Crippen LogP contribution in [0.1, 0.15) is 24.8 Å². The number of hydrogen-bond donors (Lipinski definition) is 1. The fourth-order valence-electron chi connectivity index (χ4n) is 5.10. The predicted octanol–water partition coefficient (Wildman–Crippen LogP) is 7.05. The number of aliphatic hydroxyl groups excluding tert-OH is 1. The molecule has 1 fully saturated rings. The van der Waals surface area contributed by atoms with Crippen molar-refractivity contribution in [3.8, 4) is 23.0 Å². The van der Waals surface area contributed by atoms with Crippen LogP contribution in [-0.4, -0.2) is 58.4 Å². The molecular weight excluding hydrogens is 657 g/mol. The second-order valence-electron chi connectivity index (χ2n) is 11.3. The highest BCUT2D eigenvalue weighted by Crippen LogP contribution is 2.27. The first-order valence-electron chi connectivity index (χ1n) is 15.2. The van der Waals surface area contributed by atoms with E-state index in [0.717, 1.165) is 37.4 Å². The van der Waals surface area contributed by atoms with Gasteiger partial charge in [-0.3, -0.25) is 4.57 Å². The Kier molecular flexibility index (Phi) is 11.5. The van der Waals surface area contributed by atoms with Crippen LogP contribution in [0.4, 0.5) is 24.7 Å². The number of piperidine rings is 1. The van der Waals surface area contributed by atoms with E-state index in [4.69, 9.17) is 25.8 Å². The highest BCUT2D eigenvalue weighted by molar-refractivity contribution is 6.28. The van der Waals surface area contributed by atoms with Gasteiger partial charge in [0.15, 0.2) is 0 Å². The minimum absolute atomic E-state index is 0.00628. The number of rotatable bonds is 15. The molecule has 0 bridgehead atoms. The fraction of sp³-hybridized carbons (Fsp3) is 0.364. The number of aliphatic hydroxyl groups is 1. The molecule has 0 amide bonds. The minimum atomic E-state index is -4.72. The molecule has 2 heterocycles. The zero-order valence-corrected chi connectivity index (χ0v) is 26.5. The normalized spacial score (nSPS) is 14.4. The van der Waals surface area contributed by atoms with Crippen molar-refractivity contribution in [3.05, 3.63) is 100.0 Å². The van der Waals surface area contributed by atoms with Gasteiger partial charge in [0.2, 0.25) is 0 Å². The van der Waals surface area contributed by atoms with Gasteiger partial charge in [-0.1, -0.05) is 12.1 Å². The first kappa shape index (κ1) is 34.6. The summed E-state index contributed by atoms with van der Waals surface area (Å²) in [5, 5.41) is 21.1. The number of aryl methyl sites for hydroxylation is 1. The van der Waals surface area contributed by atoms with Crippen LogP contribution in [0.2, 0.25) is 5.28 Å². The van der Waals surface area contributed by atoms with E-state index >= 15 is 0 Å². The highest BCUT2D eigenvalue weighted by atomic mass is 35.5. The van der Waals surface area contributed by atoms with Gasteiger partial charge in [-0.25, -0.2) is 0 Å². The first-order chi connectivity index (χ1) is 23.0. The summed E-state index contributed by atoms with van der Waals surface area (Å²) >= 11 is 5.91. The van der Waals surface area contributed by atoms with Crippen molar-refractivity contribution in [1.82, 2.24) is 9.55 Å². The molecule has 0 radical (unpaired) electrons. The molecule has 0 unspecified atom stereocenters. The van der Waals surface area contributed by atoms with E-state index in [0.29, 0.717) is 29.6 Å². The van der Waals surface area contributed by atoms with Gasteiger partial charge in [-0.05, 0) is 113 Å². The number of alkyl halides is 3. The quantitative estimate of drug-likeness (QED) is 0.103. The maximum Gasteiger partial charge on any atom is 0.573 e.